The zero-order valence-electron chi connectivity index (χ0n) is 13.9. The highest BCUT2D eigenvalue weighted by Crippen LogP contribution is 2.26. The Morgan fingerprint density at radius 3 is 2.13 bits per heavy atom. The molecular formula is C17H22N2O3S. The first kappa shape index (κ1) is 17.5. The van der Waals surface area contributed by atoms with Crippen LogP contribution in [0.3, 0.4) is 0 Å². The lowest BCUT2D eigenvalue weighted by Crippen LogP contribution is -2.54. The molecule has 3 amide bonds. The van der Waals surface area contributed by atoms with E-state index in [1.54, 1.807) is 36.0 Å². The van der Waals surface area contributed by atoms with Crippen LogP contribution < -0.4 is 5.32 Å². The Bertz CT molecular complexity index is 602. The summed E-state index contributed by atoms with van der Waals surface area (Å²) in [6.07, 6.45) is 2.37. The third kappa shape index (κ3) is 3.75. The normalized spacial score (nSPS) is 15.6. The molecule has 0 saturated carbocycles. The van der Waals surface area contributed by atoms with Crippen LogP contribution in [0.25, 0.3) is 0 Å². The maximum absolute atomic E-state index is 12.6. The second-order valence-corrected chi connectivity index (χ2v) is 7.55. The predicted octanol–water partition coefficient (Wildman–Crippen LogP) is 2.32. The van der Waals surface area contributed by atoms with E-state index in [-0.39, 0.29) is 17.7 Å². The minimum Gasteiger partial charge on any atom is -0.350 e. The molecule has 0 aromatic heterocycles. The van der Waals surface area contributed by atoms with E-state index in [0.29, 0.717) is 23.3 Å². The van der Waals surface area contributed by atoms with Gasteiger partial charge in [0, 0.05) is 5.54 Å². The zero-order chi connectivity index (χ0) is 17.2. The van der Waals surface area contributed by atoms with Crippen LogP contribution in [0.2, 0.25) is 0 Å². The number of carbonyl (C=O) groups excluding carboxylic acids is 3. The summed E-state index contributed by atoms with van der Waals surface area (Å²) in [6, 6.07) is 5.92. The fourth-order valence-electron chi connectivity index (χ4n) is 2.55. The van der Waals surface area contributed by atoms with Crippen molar-refractivity contribution in [3.05, 3.63) is 35.4 Å². The molecule has 5 nitrogen and oxygen atoms in total. The Kier molecular flexibility index (Phi) is 5.14. The van der Waals surface area contributed by atoms with E-state index < -0.39 is 11.6 Å². The van der Waals surface area contributed by atoms with Gasteiger partial charge in [0.25, 0.3) is 11.8 Å². The minimum atomic E-state index is -0.783. The lowest BCUT2D eigenvalue weighted by atomic mass is 10.1. The standard InChI is InChI=1S/C17H22N2O3S/c1-17(2,3)18-14(20)13(9-10-23-4)19-15(21)11-7-5-6-8-12(11)16(19)22/h5-8,13H,9-10H2,1-4H3,(H,18,20)/t13-/m0/s1. The number of hydrogen-bond donors (Lipinski definition) is 1. The van der Waals surface area contributed by atoms with Gasteiger partial charge in [-0.2, -0.15) is 11.8 Å². The number of nitrogens with zero attached hydrogens (tertiary/aromatic N) is 1. The van der Waals surface area contributed by atoms with E-state index in [9.17, 15) is 14.4 Å². The molecule has 2 rings (SSSR count). The van der Waals surface area contributed by atoms with E-state index in [1.165, 1.54) is 0 Å². The fraction of sp³-hybridized carbons (Fsp3) is 0.471. The molecular weight excluding hydrogens is 312 g/mol. The Hall–Kier alpha value is -1.82. The smallest absolute Gasteiger partial charge is 0.262 e. The summed E-state index contributed by atoms with van der Waals surface area (Å²) in [5.74, 6) is -0.377. The van der Waals surface area contributed by atoms with Crippen molar-refractivity contribution < 1.29 is 14.4 Å². The molecule has 124 valence electrons. The van der Waals surface area contributed by atoms with Crippen molar-refractivity contribution in [3.8, 4) is 0 Å². The fourth-order valence-corrected chi connectivity index (χ4v) is 3.01. The number of rotatable bonds is 5. The van der Waals surface area contributed by atoms with Crippen LogP contribution in [0.5, 0.6) is 0 Å². The molecule has 1 aliphatic rings. The highest BCUT2D eigenvalue weighted by atomic mass is 32.2. The number of fused-ring (bicyclic) bond motifs is 1. The van der Waals surface area contributed by atoms with Crippen molar-refractivity contribution in [2.24, 2.45) is 0 Å². The summed E-state index contributed by atoms with van der Waals surface area (Å²) >= 11 is 1.58. The molecule has 0 fully saturated rings. The molecule has 1 heterocycles. The summed E-state index contributed by atoms with van der Waals surface area (Å²) in [6.45, 7) is 5.62. The molecule has 0 unspecified atom stereocenters. The number of amides is 3. The van der Waals surface area contributed by atoms with Gasteiger partial charge in [-0.1, -0.05) is 12.1 Å². The number of hydrogen-bond acceptors (Lipinski definition) is 4. The quantitative estimate of drug-likeness (QED) is 0.839. The van der Waals surface area contributed by atoms with E-state index in [4.69, 9.17) is 0 Å². The summed E-state index contributed by atoms with van der Waals surface area (Å²) in [7, 11) is 0. The van der Waals surface area contributed by atoms with Crippen LogP contribution in [0.15, 0.2) is 24.3 Å². The lowest BCUT2D eigenvalue weighted by molar-refractivity contribution is -0.126. The maximum Gasteiger partial charge on any atom is 0.262 e. The van der Waals surface area contributed by atoms with Gasteiger partial charge in [-0.15, -0.1) is 0 Å². The average molecular weight is 334 g/mol. The van der Waals surface area contributed by atoms with Gasteiger partial charge in [0.2, 0.25) is 5.91 Å². The summed E-state index contributed by atoms with van der Waals surface area (Å²) < 4.78 is 0. The number of thioether (sulfide) groups is 1. The van der Waals surface area contributed by atoms with Crippen LogP contribution in [0.1, 0.15) is 47.9 Å². The Morgan fingerprint density at radius 1 is 1.17 bits per heavy atom. The Morgan fingerprint density at radius 2 is 1.70 bits per heavy atom. The van der Waals surface area contributed by atoms with Crippen LogP contribution in [-0.2, 0) is 4.79 Å². The Balaban J connectivity index is 2.32. The van der Waals surface area contributed by atoms with Crippen molar-refractivity contribution in [2.75, 3.05) is 12.0 Å². The molecule has 0 radical (unpaired) electrons. The van der Waals surface area contributed by atoms with Crippen LogP contribution in [0.4, 0.5) is 0 Å². The van der Waals surface area contributed by atoms with Crippen molar-refractivity contribution >= 4 is 29.5 Å². The molecule has 1 aromatic rings. The molecule has 6 heteroatoms. The SMILES string of the molecule is CSCC[C@@H](C(=O)NC(C)(C)C)N1C(=O)c2ccccc2C1=O. The highest BCUT2D eigenvalue weighted by molar-refractivity contribution is 7.98. The first-order valence-electron chi connectivity index (χ1n) is 7.54. The monoisotopic (exact) mass is 334 g/mol. The third-order valence-electron chi connectivity index (χ3n) is 3.53. The van der Waals surface area contributed by atoms with E-state index in [1.807, 2.05) is 27.0 Å². The van der Waals surface area contributed by atoms with Gasteiger partial charge in [0.05, 0.1) is 11.1 Å². The first-order chi connectivity index (χ1) is 10.8. The van der Waals surface area contributed by atoms with Crippen molar-refractivity contribution in [1.82, 2.24) is 10.2 Å². The Labute approximate surface area is 140 Å². The molecule has 0 saturated heterocycles. The minimum absolute atomic E-state index is 0.291. The van der Waals surface area contributed by atoms with Gasteiger partial charge in [-0.3, -0.25) is 19.3 Å². The van der Waals surface area contributed by atoms with Crippen LogP contribution >= 0.6 is 11.8 Å². The third-order valence-corrected chi connectivity index (χ3v) is 4.18. The van der Waals surface area contributed by atoms with Crippen LogP contribution in [-0.4, -0.2) is 46.2 Å². The van der Waals surface area contributed by atoms with Crippen molar-refractivity contribution in [3.63, 3.8) is 0 Å². The summed E-state index contributed by atoms with van der Waals surface area (Å²) in [5, 5.41) is 2.88. The van der Waals surface area contributed by atoms with Crippen LogP contribution in [0, 0.1) is 0 Å². The molecule has 0 spiro atoms. The number of carbonyl (C=O) groups is 3. The molecule has 1 aromatic carbocycles. The second kappa shape index (κ2) is 6.74. The van der Waals surface area contributed by atoms with Gasteiger partial charge < -0.3 is 5.32 Å². The molecule has 1 N–H and O–H groups in total. The largest absolute Gasteiger partial charge is 0.350 e. The van der Waals surface area contributed by atoms with Gasteiger partial charge in [-0.05, 0) is 51.3 Å². The predicted molar refractivity (Wildman–Crippen MR) is 91.6 cm³/mol. The first-order valence-corrected chi connectivity index (χ1v) is 8.93. The second-order valence-electron chi connectivity index (χ2n) is 6.56. The topological polar surface area (TPSA) is 66.5 Å². The van der Waals surface area contributed by atoms with E-state index in [2.05, 4.69) is 5.32 Å². The molecule has 23 heavy (non-hydrogen) atoms. The number of benzene rings is 1. The maximum atomic E-state index is 12.6. The lowest BCUT2D eigenvalue weighted by Gasteiger charge is -2.29. The van der Waals surface area contributed by atoms with Crippen molar-refractivity contribution in [1.29, 1.82) is 0 Å². The average Bonchev–Trinajstić information content (AvgIpc) is 2.71. The zero-order valence-corrected chi connectivity index (χ0v) is 14.7. The molecule has 0 bridgehead atoms. The number of imide groups is 1. The summed E-state index contributed by atoms with van der Waals surface area (Å²) in [5.41, 5.74) is 0.318. The summed E-state index contributed by atoms with van der Waals surface area (Å²) in [4.78, 5) is 38.9. The van der Waals surface area contributed by atoms with Gasteiger partial charge in [0.15, 0.2) is 0 Å². The van der Waals surface area contributed by atoms with E-state index >= 15 is 0 Å². The highest BCUT2D eigenvalue weighted by Gasteiger charge is 2.42. The molecule has 1 aliphatic heterocycles. The van der Waals surface area contributed by atoms with Gasteiger partial charge >= 0.3 is 0 Å². The molecule has 1 atom stereocenters. The van der Waals surface area contributed by atoms with E-state index in [0.717, 1.165) is 4.90 Å². The molecule has 0 aliphatic carbocycles. The van der Waals surface area contributed by atoms with Gasteiger partial charge in [-0.25, -0.2) is 0 Å². The van der Waals surface area contributed by atoms with Gasteiger partial charge in [0.1, 0.15) is 6.04 Å². The number of nitrogens with one attached hydrogen (secondary N) is 1. The van der Waals surface area contributed by atoms with Crippen molar-refractivity contribution in [2.45, 2.75) is 38.8 Å².